The van der Waals surface area contributed by atoms with E-state index in [4.69, 9.17) is 4.74 Å². The first-order chi connectivity index (χ1) is 12.0. The quantitative estimate of drug-likeness (QED) is 0.567. The number of methoxy groups -OCH3 is 1. The van der Waals surface area contributed by atoms with E-state index in [9.17, 15) is 14.9 Å². The van der Waals surface area contributed by atoms with Gasteiger partial charge in [-0.05, 0) is 35.7 Å². The van der Waals surface area contributed by atoms with Gasteiger partial charge >= 0.3 is 5.69 Å². The third kappa shape index (κ3) is 5.49. The predicted molar refractivity (Wildman–Crippen MR) is 100 cm³/mol. The highest BCUT2D eigenvalue weighted by molar-refractivity contribution is 7.99. The van der Waals surface area contributed by atoms with Crippen LogP contribution in [0.15, 0.2) is 42.5 Å². The molecule has 25 heavy (non-hydrogen) atoms. The molecule has 0 saturated carbocycles. The van der Waals surface area contributed by atoms with Crippen LogP contribution in [-0.4, -0.2) is 23.7 Å². The molecule has 0 aliphatic rings. The Bertz CT molecular complexity index is 747. The summed E-state index contributed by atoms with van der Waals surface area (Å²) >= 11 is 1.40. The molecule has 2 aromatic rings. The van der Waals surface area contributed by atoms with Crippen molar-refractivity contribution in [2.24, 2.45) is 0 Å². The molecule has 0 bridgehead atoms. The van der Waals surface area contributed by atoms with Crippen molar-refractivity contribution in [1.29, 1.82) is 0 Å². The monoisotopic (exact) mass is 360 g/mol. The second kappa shape index (κ2) is 9.08. The van der Waals surface area contributed by atoms with Crippen molar-refractivity contribution < 1.29 is 14.5 Å². The van der Waals surface area contributed by atoms with Crippen molar-refractivity contribution >= 4 is 29.0 Å². The fraction of sp³-hybridized carbons (Fsp3) is 0.278. The topological polar surface area (TPSA) is 81.5 Å². The van der Waals surface area contributed by atoms with Crippen LogP contribution in [0.25, 0.3) is 0 Å². The number of nitro groups is 1. The van der Waals surface area contributed by atoms with Crippen molar-refractivity contribution in [3.05, 3.63) is 63.7 Å². The molecule has 1 N–H and O–H groups in total. The van der Waals surface area contributed by atoms with Gasteiger partial charge in [0.05, 0.1) is 17.8 Å². The van der Waals surface area contributed by atoms with Crippen LogP contribution in [0, 0.1) is 10.1 Å². The van der Waals surface area contributed by atoms with E-state index < -0.39 is 4.92 Å². The van der Waals surface area contributed by atoms with E-state index in [1.165, 1.54) is 30.5 Å². The summed E-state index contributed by atoms with van der Waals surface area (Å²) in [7, 11) is 1.40. The zero-order chi connectivity index (χ0) is 18.2. The number of rotatable bonds is 8. The minimum absolute atomic E-state index is 0.0685. The molecule has 7 heteroatoms. The number of hydrogen-bond donors (Lipinski definition) is 1. The fourth-order valence-electron chi connectivity index (χ4n) is 2.25. The minimum Gasteiger partial charge on any atom is -0.490 e. The van der Waals surface area contributed by atoms with E-state index in [1.807, 2.05) is 24.3 Å². The molecule has 0 fully saturated rings. The van der Waals surface area contributed by atoms with Crippen LogP contribution < -0.4 is 10.1 Å². The summed E-state index contributed by atoms with van der Waals surface area (Å²) < 4.78 is 4.97. The maximum Gasteiger partial charge on any atom is 0.311 e. The third-order valence-corrected chi connectivity index (χ3v) is 4.59. The summed E-state index contributed by atoms with van der Waals surface area (Å²) in [6.07, 6.45) is 0.956. The normalized spacial score (nSPS) is 10.3. The summed E-state index contributed by atoms with van der Waals surface area (Å²) in [6.45, 7) is 2.08. The van der Waals surface area contributed by atoms with Gasteiger partial charge in [-0.15, -0.1) is 11.8 Å². The number of anilines is 1. The number of benzene rings is 2. The number of amides is 1. The lowest BCUT2D eigenvalue weighted by Crippen LogP contribution is -2.14. The Morgan fingerprint density at radius 1 is 1.20 bits per heavy atom. The fourth-order valence-corrected chi connectivity index (χ4v) is 3.03. The molecular formula is C18H20N2O4S. The standard InChI is InChI=1S/C18H20N2O4S/c1-3-13-4-7-15(8-5-13)19-18(21)12-25-11-14-6-9-17(24-2)16(10-14)20(22)23/h4-10H,3,11-12H2,1-2H3,(H,19,21). The van der Waals surface area contributed by atoms with Crippen LogP contribution in [0.4, 0.5) is 11.4 Å². The number of nitrogens with one attached hydrogen (secondary N) is 1. The van der Waals surface area contributed by atoms with Crippen LogP contribution in [0.1, 0.15) is 18.1 Å². The van der Waals surface area contributed by atoms with Crippen molar-refractivity contribution in [2.75, 3.05) is 18.2 Å². The summed E-state index contributed by atoms with van der Waals surface area (Å²) in [6, 6.07) is 12.6. The zero-order valence-electron chi connectivity index (χ0n) is 14.2. The lowest BCUT2D eigenvalue weighted by atomic mass is 10.1. The molecule has 2 aromatic carbocycles. The molecule has 0 aliphatic heterocycles. The van der Waals surface area contributed by atoms with E-state index in [0.717, 1.165) is 17.7 Å². The minimum atomic E-state index is -0.473. The number of thioether (sulfide) groups is 1. The Morgan fingerprint density at radius 2 is 1.88 bits per heavy atom. The van der Waals surface area contributed by atoms with Gasteiger partial charge in [-0.3, -0.25) is 14.9 Å². The van der Waals surface area contributed by atoms with Crippen LogP contribution in [0.2, 0.25) is 0 Å². The van der Waals surface area contributed by atoms with Gasteiger partial charge in [-0.2, -0.15) is 0 Å². The van der Waals surface area contributed by atoms with Gasteiger partial charge in [0.15, 0.2) is 5.75 Å². The summed E-state index contributed by atoms with van der Waals surface area (Å²) in [4.78, 5) is 22.5. The number of carbonyl (C=O) groups excluding carboxylic acids is 1. The number of nitrogens with zero attached hydrogens (tertiary/aromatic N) is 1. The zero-order valence-corrected chi connectivity index (χ0v) is 15.0. The summed E-state index contributed by atoms with van der Waals surface area (Å²) in [5, 5.41) is 13.9. The molecule has 0 unspecified atom stereocenters. The van der Waals surface area contributed by atoms with Gasteiger partial charge in [-0.1, -0.05) is 25.1 Å². The maximum atomic E-state index is 12.0. The summed E-state index contributed by atoms with van der Waals surface area (Å²) in [5.74, 6) is 0.909. The smallest absolute Gasteiger partial charge is 0.311 e. The predicted octanol–water partition coefficient (Wildman–Crippen LogP) is 4.04. The number of ether oxygens (including phenoxy) is 1. The van der Waals surface area contributed by atoms with E-state index in [0.29, 0.717) is 5.75 Å². The van der Waals surface area contributed by atoms with Crippen molar-refractivity contribution in [3.8, 4) is 5.75 Å². The largest absolute Gasteiger partial charge is 0.490 e. The summed E-state index contributed by atoms with van der Waals surface area (Å²) in [5.41, 5.74) is 2.69. The average molecular weight is 360 g/mol. The number of nitro benzene ring substituents is 1. The molecule has 0 saturated heterocycles. The van der Waals surface area contributed by atoms with Crippen LogP contribution >= 0.6 is 11.8 Å². The third-order valence-electron chi connectivity index (χ3n) is 3.59. The van der Waals surface area contributed by atoms with Crippen LogP contribution in [0.3, 0.4) is 0 Å². The molecule has 0 spiro atoms. The Kier molecular flexibility index (Phi) is 6.82. The molecule has 0 atom stereocenters. The molecular weight excluding hydrogens is 340 g/mol. The Morgan fingerprint density at radius 3 is 2.48 bits per heavy atom. The van der Waals surface area contributed by atoms with Gasteiger partial charge in [0.25, 0.3) is 0 Å². The van der Waals surface area contributed by atoms with E-state index >= 15 is 0 Å². The molecule has 2 rings (SSSR count). The maximum absolute atomic E-state index is 12.0. The van der Waals surface area contributed by atoms with E-state index in [2.05, 4.69) is 12.2 Å². The highest BCUT2D eigenvalue weighted by Crippen LogP contribution is 2.29. The SMILES string of the molecule is CCc1ccc(NC(=O)CSCc2ccc(OC)c([N+](=O)[O-])c2)cc1. The Balaban J connectivity index is 1.86. The second-order valence-electron chi connectivity index (χ2n) is 5.35. The lowest BCUT2D eigenvalue weighted by Gasteiger charge is -2.07. The molecule has 0 aliphatic carbocycles. The van der Waals surface area contributed by atoms with Crippen molar-refractivity contribution in [1.82, 2.24) is 0 Å². The second-order valence-corrected chi connectivity index (χ2v) is 6.34. The van der Waals surface area contributed by atoms with Gasteiger partial charge in [0.1, 0.15) is 0 Å². The van der Waals surface area contributed by atoms with Crippen molar-refractivity contribution in [2.45, 2.75) is 19.1 Å². The molecule has 132 valence electrons. The van der Waals surface area contributed by atoms with Gasteiger partial charge in [0, 0.05) is 17.5 Å². The number of hydrogen-bond acceptors (Lipinski definition) is 5. The highest BCUT2D eigenvalue weighted by Gasteiger charge is 2.15. The van der Waals surface area contributed by atoms with Crippen LogP contribution in [-0.2, 0) is 17.0 Å². The first-order valence-corrected chi connectivity index (χ1v) is 8.96. The number of carbonyl (C=O) groups is 1. The molecule has 1 amide bonds. The van der Waals surface area contributed by atoms with E-state index in [-0.39, 0.29) is 23.1 Å². The van der Waals surface area contributed by atoms with Crippen molar-refractivity contribution in [3.63, 3.8) is 0 Å². The first kappa shape index (κ1) is 18.8. The van der Waals surface area contributed by atoms with Gasteiger partial charge in [0.2, 0.25) is 5.91 Å². The molecule has 0 radical (unpaired) electrons. The highest BCUT2D eigenvalue weighted by atomic mass is 32.2. The first-order valence-electron chi connectivity index (χ1n) is 7.81. The average Bonchev–Trinajstić information content (AvgIpc) is 2.62. The molecule has 0 aromatic heterocycles. The van der Waals surface area contributed by atoms with E-state index in [1.54, 1.807) is 12.1 Å². The lowest BCUT2D eigenvalue weighted by molar-refractivity contribution is -0.385. The van der Waals surface area contributed by atoms with Gasteiger partial charge in [-0.25, -0.2) is 0 Å². The molecule has 6 nitrogen and oxygen atoms in total. The van der Waals surface area contributed by atoms with Crippen LogP contribution in [0.5, 0.6) is 5.75 Å². The van der Waals surface area contributed by atoms with Gasteiger partial charge < -0.3 is 10.1 Å². The number of aryl methyl sites for hydroxylation is 1. The Hall–Kier alpha value is -2.54. The Labute approximate surface area is 150 Å². The molecule has 0 heterocycles.